The van der Waals surface area contributed by atoms with Gasteiger partial charge in [0, 0.05) is 25.4 Å². The number of hydrogen-bond acceptors (Lipinski definition) is 0. The Labute approximate surface area is 95.3 Å². The van der Waals surface area contributed by atoms with Crippen molar-refractivity contribution in [1.82, 2.24) is 4.98 Å². The van der Waals surface area contributed by atoms with Crippen molar-refractivity contribution in [3.05, 3.63) is 46.0 Å². The molecule has 0 aliphatic carbocycles. The van der Waals surface area contributed by atoms with Crippen molar-refractivity contribution >= 4 is 44.4 Å². The molecule has 0 amide bonds. The lowest BCUT2D eigenvalue weighted by atomic mass is 10.2. The third-order valence-electron chi connectivity index (χ3n) is 2.47. The molecule has 0 saturated heterocycles. The molecule has 0 fully saturated rings. The van der Waals surface area contributed by atoms with Crippen LogP contribution in [0.2, 0.25) is 0 Å². The fourth-order valence-corrected chi connectivity index (χ4v) is 2.32. The van der Waals surface area contributed by atoms with Crippen molar-refractivity contribution in [2.45, 2.75) is 0 Å². The highest BCUT2D eigenvalue weighted by Crippen LogP contribution is 2.25. The average Bonchev–Trinajstić information content (AvgIpc) is 2.54. The quantitative estimate of drug-likeness (QED) is 0.605. The van der Waals surface area contributed by atoms with E-state index in [2.05, 4.69) is 70.0 Å². The van der Waals surface area contributed by atoms with E-state index in [1.165, 1.54) is 25.4 Å². The lowest BCUT2D eigenvalue weighted by molar-refractivity contribution is 1.54. The van der Waals surface area contributed by atoms with Crippen molar-refractivity contribution in [1.29, 1.82) is 0 Å². The van der Waals surface area contributed by atoms with E-state index in [0.29, 0.717) is 0 Å². The summed E-state index contributed by atoms with van der Waals surface area (Å²) in [5.74, 6) is 0. The Morgan fingerprint density at radius 3 is 2.57 bits per heavy atom. The predicted octanol–water partition coefficient (Wildman–Crippen LogP) is 3.93. The van der Waals surface area contributed by atoms with E-state index >= 15 is 0 Å². The average molecular weight is 293 g/mol. The summed E-state index contributed by atoms with van der Waals surface area (Å²) in [4.78, 5) is 3.41. The zero-order chi connectivity index (χ0) is 9.54. The molecule has 0 atom stereocenters. The first kappa shape index (κ1) is 8.29. The van der Waals surface area contributed by atoms with Gasteiger partial charge in [-0.15, -0.1) is 0 Å². The summed E-state index contributed by atoms with van der Waals surface area (Å²) in [6, 6.07) is 14.9. The molecular weight excluding hydrogens is 285 g/mol. The lowest BCUT2D eigenvalue weighted by Crippen LogP contribution is -1.70. The topological polar surface area (TPSA) is 15.8 Å². The number of rotatable bonds is 0. The molecule has 0 spiro atoms. The second-order valence-corrected chi connectivity index (χ2v) is 4.61. The molecule has 68 valence electrons. The summed E-state index contributed by atoms with van der Waals surface area (Å²) >= 11 is 2.33. The number of para-hydroxylation sites is 1. The van der Waals surface area contributed by atoms with Gasteiger partial charge >= 0.3 is 0 Å². The molecule has 0 saturated carbocycles. The van der Waals surface area contributed by atoms with E-state index in [-0.39, 0.29) is 0 Å². The molecule has 2 heteroatoms. The van der Waals surface area contributed by atoms with Gasteiger partial charge in [0.1, 0.15) is 0 Å². The smallest absolute Gasteiger partial charge is 0.0475 e. The van der Waals surface area contributed by atoms with Crippen LogP contribution in [-0.4, -0.2) is 4.98 Å². The van der Waals surface area contributed by atoms with Gasteiger partial charge in [0.25, 0.3) is 0 Å². The molecule has 1 nitrogen and oxygen atoms in total. The minimum atomic E-state index is 1.21. The normalized spacial score (nSPS) is 11.2. The maximum absolute atomic E-state index is 3.41. The van der Waals surface area contributed by atoms with Crippen LogP contribution in [0.3, 0.4) is 0 Å². The fourth-order valence-electron chi connectivity index (χ4n) is 1.83. The van der Waals surface area contributed by atoms with Crippen LogP contribution in [0.4, 0.5) is 0 Å². The molecule has 1 aromatic heterocycles. The minimum absolute atomic E-state index is 1.21. The van der Waals surface area contributed by atoms with E-state index < -0.39 is 0 Å². The maximum Gasteiger partial charge on any atom is 0.0475 e. The highest BCUT2D eigenvalue weighted by Gasteiger charge is 2.02. The second kappa shape index (κ2) is 2.98. The summed E-state index contributed by atoms with van der Waals surface area (Å²) in [6.07, 6.45) is 0. The van der Waals surface area contributed by atoms with Crippen LogP contribution < -0.4 is 0 Å². The van der Waals surface area contributed by atoms with E-state index in [1.807, 2.05) is 0 Å². The zero-order valence-electron chi connectivity index (χ0n) is 7.42. The highest BCUT2D eigenvalue weighted by atomic mass is 127. The number of nitrogens with one attached hydrogen (secondary N) is 1. The largest absolute Gasteiger partial charge is 0.354 e. The molecule has 3 rings (SSSR count). The van der Waals surface area contributed by atoms with Crippen LogP contribution in [0.5, 0.6) is 0 Å². The maximum atomic E-state index is 3.41. The molecule has 1 N–H and O–H groups in total. The number of fused-ring (bicyclic) bond motifs is 3. The van der Waals surface area contributed by atoms with Crippen LogP contribution in [0, 0.1) is 3.57 Å². The number of benzene rings is 2. The monoisotopic (exact) mass is 293 g/mol. The van der Waals surface area contributed by atoms with Gasteiger partial charge in [0.2, 0.25) is 0 Å². The molecule has 0 aliphatic rings. The Balaban J connectivity index is 2.57. The number of halogens is 1. The summed E-state index contributed by atoms with van der Waals surface area (Å²) < 4.78 is 1.27. The first-order valence-electron chi connectivity index (χ1n) is 4.50. The molecule has 0 radical (unpaired) electrons. The van der Waals surface area contributed by atoms with Crippen LogP contribution in [-0.2, 0) is 0 Å². The second-order valence-electron chi connectivity index (χ2n) is 3.36. The Morgan fingerprint density at radius 1 is 0.857 bits per heavy atom. The van der Waals surface area contributed by atoms with Crippen molar-refractivity contribution in [2.24, 2.45) is 0 Å². The summed E-state index contributed by atoms with van der Waals surface area (Å²) in [5, 5.41) is 2.61. The fraction of sp³-hybridized carbons (Fsp3) is 0. The van der Waals surface area contributed by atoms with Gasteiger partial charge in [-0.2, -0.15) is 0 Å². The first-order valence-corrected chi connectivity index (χ1v) is 5.58. The van der Waals surface area contributed by atoms with E-state index in [9.17, 15) is 0 Å². The molecule has 0 bridgehead atoms. The van der Waals surface area contributed by atoms with Crippen molar-refractivity contribution < 1.29 is 0 Å². The van der Waals surface area contributed by atoms with Gasteiger partial charge in [-0.1, -0.05) is 24.3 Å². The van der Waals surface area contributed by atoms with Crippen LogP contribution in [0.15, 0.2) is 42.5 Å². The van der Waals surface area contributed by atoms with Crippen LogP contribution in [0.1, 0.15) is 0 Å². The van der Waals surface area contributed by atoms with E-state index in [1.54, 1.807) is 0 Å². The lowest BCUT2D eigenvalue weighted by Gasteiger charge is -1.91. The van der Waals surface area contributed by atoms with Gasteiger partial charge < -0.3 is 4.98 Å². The molecule has 2 aromatic carbocycles. The highest BCUT2D eigenvalue weighted by molar-refractivity contribution is 14.1. The Bertz CT molecular complexity index is 610. The third kappa shape index (κ3) is 1.14. The number of hydrogen-bond donors (Lipinski definition) is 1. The Kier molecular flexibility index (Phi) is 1.77. The van der Waals surface area contributed by atoms with Gasteiger partial charge in [0.05, 0.1) is 0 Å². The summed E-state index contributed by atoms with van der Waals surface area (Å²) in [5.41, 5.74) is 2.43. The summed E-state index contributed by atoms with van der Waals surface area (Å²) in [6.45, 7) is 0. The number of aromatic nitrogens is 1. The molecule has 1 heterocycles. The standard InChI is InChI=1S/C12H8IN/c13-8-5-6-10-9-3-1-2-4-11(9)14-12(10)7-8/h1-7,14H. The van der Waals surface area contributed by atoms with Crippen molar-refractivity contribution in [3.63, 3.8) is 0 Å². The molecule has 0 aliphatic heterocycles. The van der Waals surface area contributed by atoms with Crippen molar-refractivity contribution in [2.75, 3.05) is 0 Å². The number of H-pyrrole nitrogens is 1. The molecule has 3 aromatic rings. The molecule has 14 heavy (non-hydrogen) atoms. The van der Waals surface area contributed by atoms with E-state index in [4.69, 9.17) is 0 Å². The Morgan fingerprint density at radius 2 is 1.64 bits per heavy atom. The third-order valence-corrected chi connectivity index (χ3v) is 3.14. The van der Waals surface area contributed by atoms with E-state index in [0.717, 1.165) is 0 Å². The van der Waals surface area contributed by atoms with Gasteiger partial charge in [-0.05, 0) is 40.8 Å². The summed E-state index contributed by atoms with van der Waals surface area (Å²) in [7, 11) is 0. The molecule has 0 unspecified atom stereocenters. The van der Waals surface area contributed by atoms with Gasteiger partial charge in [-0.3, -0.25) is 0 Å². The van der Waals surface area contributed by atoms with Crippen molar-refractivity contribution in [3.8, 4) is 0 Å². The first-order chi connectivity index (χ1) is 6.84. The van der Waals surface area contributed by atoms with Gasteiger partial charge in [0.15, 0.2) is 0 Å². The molecular formula is C12H8IN. The number of aromatic amines is 1. The SMILES string of the molecule is Ic1ccc2c(c1)[nH]c1ccccc12. The minimum Gasteiger partial charge on any atom is -0.354 e. The van der Waals surface area contributed by atoms with Crippen LogP contribution >= 0.6 is 22.6 Å². The zero-order valence-corrected chi connectivity index (χ0v) is 9.58. The Hall–Kier alpha value is -1.03. The van der Waals surface area contributed by atoms with Gasteiger partial charge in [-0.25, -0.2) is 0 Å². The van der Waals surface area contributed by atoms with Crippen LogP contribution in [0.25, 0.3) is 21.8 Å². The predicted molar refractivity (Wildman–Crippen MR) is 68.5 cm³/mol.